The molecule has 23 heavy (non-hydrogen) atoms. The number of nitrogens with zero attached hydrogens (tertiary/aromatic N) is 3. The van der Waals surface area contributed by atoms with Gasteiger partial charge in [-0.05, 0) is 38.5 Å². The van der Waals surface area contributed by atoms with Crippen LogP contribution in [-0.4, -0.2) is 27.5 Å². The van der Waals surface area contributed by atoms with Crippen LogP contribution in [0.3, 0.4) is 0 Å². The quantitative estimate of drug-likeness (QED) is 0.943. The Hall–Kier alpha value is -2.63. The fourth-order valence-electron chi connectivity index (χ4n) is 2.59. The van der Waals surface area contributed by atoms with Gasteiger partial charge in [-0.15, -0.1) is 0 Å². The van der Waals surface area contributed by atoms with Gasteiger partial charge in [-0.3, -0.25) is 9.48 Å². The zero-order chi connectivity index (χ0) is 16.4. The van der Waals surface area contributed by atoms with Gasteiger partial charge < -0.3 is 10.2 Å². The largest absolute Gasteiger partial charge is 0.382 e. The Bertz CT molecular complexity index is 764. The van der Waals surface area contributed by atoms with Gasteiger partial charge in [0.1, 0.15) is 0 Å². The second kappa shape index (κ2) is 6.24. The Morgan fingerprint density at radius 2 is 2.26 bits per heavy atom. The Morgan fingerprint density at radius 1 is 1.43 bits per heavy atom. The number of carbonyl (C=O) groups is 1. The molecule has 1 N–H and O–H groups in total. The summed E-state index contributed by atoms with van der Waals surface area (Å²) in [5.74, 6) is -0.185. The molecule has 1 amide bonds. The molecule has 0 radical (unpaired) electrons. The molecule has 6 heteroatoms. The Balaban J connectivity index is 1.66. The summed E-state index contributed by atoms with van der Waals surface area (Å²) in [6.07, 6.45) is 1.79. The molecule has 0 spiro atoms. The molecule has 120 valence electrons. The van der Waals surface area contributed by atoms with Crippen LogP contribution in [0.15, 0.2) is 35.6 Å². The summed E-state index contributed by atoms with van der Waals surface area (Å²) in [7, 11) is 0. The molecule has 0 saturated carbocycles. The SMILES string of the molecule is CCn1cc(C2=NOC(C(=O)Nc3cccc(C)c3)C2)c(C)n1. The highest BCUT2D eigenvalue weighted by Gasteiger charge is 2.30. The van der Waals surface area contributed by atoms with Crippen molar-refractivity contribution in [3.8, 4) is 0 Å². The van der Waals surface area contributed by atoms with Crippen molar-refractivity contribution >= 4 is 17.3 Å². The van der Waals surface area contributed by atoms with E-state index in [1.165, 1.54) is 0 Å². The molecule has 1 aromatic carbocycles. The van der Waals surface area contributed by atoms with Crippen LogP contribution in [0.2, 0.25) is 0 Å². The number of aryl methyl sites for hydroxylation is 3. The number of hydrogen-bond donors (Lipinski definition) is 1. The molecule has 3 rings (SSSR count). The molecule has 1 aromatic heterocycles. The van der Waals surface area contributed by atoms with E-state index in [-0.39, 0.29) is 5.91 Å². The first-order valence-electron chi connectivity index (χ1n) is 7.71. The predicted octanol–water partition coefficient (Wildman–Crippen LogP) is 2.65. The van der Waals surface area contributed by atoms with E-state index in [0.717, 1.165) is 34.8 Å². The van der Waals surface area contributed by atoms with E-state index in [1.807, 2.05) is 55.9 Å². The molecule has 6 nitrogen and oxygen atoms in total. The molecule has 0 saturated heterocycles. The van der Waals surface area contributed by atoms with Crippen LogP contribution in [0.5, 0.6) is 0 Å². The van der Waals surface area contributed by atoms with Crippen LogP contribution < -0.4 is 5.32 Å². The van der Waals surface area contributed by atoms with Gasteiger partial charge >= 0.3 is 0 Å². The van der Waals surface area contributed by atoms with Crippen molar-refractivity contribution in [2.45, 2.75) is 39.8 Å². The number of amides is 1. The molecule has 2 heterocycles. The number of oxime groups is 1. The Morgan fingerprint density at radius 3 is 2.96 bits per heavy atom. The van der Waals surface area contributed by atoms with Crippen molar-refractivity contribution in [1.29, 1.82) is 0 Å². The van der Waals surface area contributed by atoms with Gasteiger partial charge in [-0.25, -0.2) is 0 Å². The van der Waals surface area contributed by atoms with Crippen LogP contribution in [-0.2, 0) is 16.2 Å². The van der Waals surface area contributed by atoms with E-state index in [2.05, 4.69) is 15.6 Å². The standard InChI is InChI=1S/C17H20N4O2/c1-4-21-10-14(12(3)19-21)15-9-16(23-20-15)17(22)18-13-7-5-6-11(2)8-13/h5-8,10,16H,4,9H2,1-3H3,(H,18,22). The van der Waals surface area contributed by atoms with Gasteiger partial charge in [-0.2, -0.15) is 5.10 Å². The maximum atomic E-state index is 12.3. The fourth-order valence-corrected chi connectivity index (χ4v) is 2.59. The number of carbonyl (C=O) groups excluding carboxylic acids is 1. The molecule has 1 aliphatic heterocycles. The van der Waals surface area contributed by atoms with Crippen molar-refractivity contribution in [3.05, 3.63) is 47.3 Å². The van der Waals surface area contributed by atoms with E-state index in [0.29, 0.717) is 6.42 Å². The summed E-state index contributed by atoms with van der Waals surface area (Å²) >= 11 is 0. The average Bonchev–Trinajstić information content (AvgIpc) is 3.13. The summed E-state index contributed by atoms with van der Waals surface area (Å²) in [6.45, 7) is 6.74. The first-order chi connectivity index (χ1) is 11.1. The van der Waals surface area contributed by atoms with Crippen LogP contribution in [0.4, 0.5) is 5.69 Å². The van der Waals surface area contributed by atoms with E-state index in [4.69, 9.17) is 4.84 Å². The molecule has 1 atom stereocenters. The summed E-state index contributed by atoms with van der Waals surface area (Å²) in [5.41, 5.74) is 4.47. The maximum Gasteiger partial charge on any atom is 0.268 e. The van der Waals surface area contributed by atoms with Gasteiger partial charge in [0.05, 0.1) is 11.4 Å². The zero-order valence-corrected chi connectivity index (χ0v) is 13.5. The number of anilines is 1. The highest BCUT2D eigenvalue weighted by Crippen LogP contribution is 2.20. The minimum Gasteiger partial charge on any atom is -0.382 e. The molecule has 2 aromatic rings. The zero-order valence-electron chi connectivity index (χ0n) is 13.5. The molecule has 1 aliphatic rings. The Kier molecular flexibility index (Phi) is 4.14. The fraction of sp³-hybridized carbons (Fsp3) is 0.353. The molecule has 1 unspecified atom stereocenters. The second-order valence-corrected chi connectivity index (χ2v) is 5.68. The first-order valence-corrected chi connectivity index (χ1v) is 7.71. The third-order valence-corrected chi connectivity index (χ3v) is 3.83. The molecule has 0 bridgehead atoms. The van der Waals surface area contributed by atoms with Crippen molar-refractivity contribution in [2.75, 3.05) is 5.32 Å². The van der Waals surface area contributed by atoms with Crippen molar-refractivity contribution in [1.82, 2.24) is 9.78 Å². The first kappa shape index (κ1) is 15.3. The highest BCUT2D eigenvalue weighted by molar-refractivity contribution is 6.06. The third-order valence-electron chi connectivity index (χ3n) is 3.83. The molecule has 0 fully saturated rings. The summed E-state index contributed by atoms with van der Waals surface area (Å²) in [6, 6.07) is 7.67. The predicted molar refractivity (Wildman–Crippen MR) is 88.5 cm³/mol. The van der Waals surface area contributed by atoms with Crippen LogP contribution in [0, 0.1) is 13.8 Å². The van der Waals surface area contributed by atoms with E-state index in [9.17, 15) is 4.79 Å². The second-order valence-electron chi connectivity index (χ2n) is 5.68. The molecule has 0 aliphatic carbocycles. The lowest BCUT2D eigenvalue weighted by atomic mass is 10.1. The average molecular weight is 312 g/mol. The van der Waals surface area contributed by atoms with Crippen molar-refractivity contribution in [2.24, 2.45) is 5.16 Å². The van der Waals surface area contributed by atoms with Crippen molar-refractivity contribution < 1.29 is 9.63 Å². The molecular formula is C17H20N4O2. The monoisotopic (exact) mass is 312 g/mol. The minimum absolute atomic E-state index is 0.185. The van der Waals surface area contributed by atoms with Gasteiger partial charge in [0, 0.05) is 30.4 Å². The summed E-state index contributed by atoms with van der Waals surface area (Å²) in [4.78, 5) is 17.6. The maximum absolute atomic E-state index is 12.3. The van der Waals surface area contributed by atoms with Gasteiger partial charge in [0.15, 0.2) is 0 Å². The van der Waals surface area contributed by atoms with E-state index >= 15 is 0 Å². The van der Waals surface area contributed by atoms with Crippen LogP contribution in [0.25, 0.3) is 0 Å². The van der Waals surface area contributed by atoms with Crippen LogP contribution >= 0.6 is 0 Å². The van der Waals surface area contributed by atoms with E-state index < -0.39 is 6.10 Å². The van der Waals surface area contributed by atoms with E-state index in [1.54, 1.807) is 0 Å². The molecular weight excluding hydrogens is 292 g/mol. The number of benzene rings is 1. The summed E-state index contributed by atoms with van der Waals surface area (Å²) in [5, 5.41) is 11.3. The lowest BCUT2D eigenvalue weighted by Gasteiger charge is -2.09. The van der Waals surface area contributed by atoms with Gasteiger partial charge in [0.2, 0.25) is 6.10 Å². The minimum atomic E-state index is -0.602. The lowest BCUT2D eigenvalue weighted by Crippen LogP contribution is -2.28. The highest BCUT2D eigenvalue weighted by atomic mass is 16.6. The summed E-state index contributed by atoms with van der Waals surface area (Å²) < 4.78 is 1.85. The Labute approximate surface area is 135 Å². The van der Waals surface area contributed by atoms with Crippen LogP contribution in [0.1, 0.15) is 30.2 Å². The van der Waals surface area contributed by atoms with Crippen molar-refractivity contribution in [3.63, 3.8) is 0 Å². The number of nitrogens with one attached hydrogen (secondary N) is 1. The topological polar surface area (TPSA) is 68.5 Å². The number of hydrogen-bond acceptors (Lipinski definition) is 4. The number of aromatic nitrogens is 2. The normalized spacial score (nSPS) is 16.8. The van der Waals surface area contributed by atoms with Gasteiger partial charge in [-0.1, -0.05) is 17.3 Å². The van der Waals surface area contributed by atoms with Gasteiger partial charge in [0.25, 0.3) is 5.91 Å². The third kappa shape index (κ3) is 3.26. The lowest BCUT2D eigenvalue weighted by molar-refractivity contribution is -0.125. The smallest absolute Gasteiger partial charge is 0.268 e. The number of rotatable bonds is 4.